The van der Waals surface area contributed by atoms with Crippen molar-refractivity contribution < 1.29 is 4.74 Å². The monoisotopic (exact) mass is 210 g/mol. The highest BCUT2D eigenvalue weighted by Gasteiger charge is 2.14. The highest BCUT2D eigenvalue weighted by atomic mass is 32.3. The van der Waals surface area contributed by atoms with Gasteiger partial charge in [-0.25, -0.2) is 10.0 Å². The van der Waals surface area contributed by atoms with Gasteiger partial charge in [-0.2, -0.15) is 0 Å². The Morgan fingerprint density at radius 1 is 1.21 bits per heavy atom. The highest BCUT2D eigenvalue weighted by Crippen LogP contribution is 2.46. The van der Waals surface area contributed by atoms with Crippen LogP contribution in [0.25, 0.3) is 0 Å². The fourth-order valence-corrected chi connectivity index (χ4v) is 2.69. The van der Waals surface area contributed by atoms with Gasteiger partial charge in [0.2, 0.25) is 0 Å². The van der Waals surface area contributed by atoms with E-state index in [2.05, 4.69) is 37.0 Å². The van der Waals surface area contributed by atoms with E-state index >= 15 is 0 Å². The van der Waals surface area contributed by atoms with Crippen molar-refractivity contribution >= 4 is 10.0 Å². The van der Waals surface area contributed by atoms with Crippen LogP contribution in [0.1, 0.15) is 12.0 Å². The summed E-state index contributed by atoms with van der Waals surface area (Å²) in [7, 11) is -0.592. The summed E-state index contributed by atoms with van der Waals surface area (Å²) in [6.07, 6.45) is 9.34. The molecule has 1 aliphatic heterocycles. The second kappa shape index (κ2) is 3.50. The van der Waals surface area contributed by atoms with Crippen molar-refractivity contribution in [2.45, 2.75) is 17.7 Å². The van der Waals surface area contributed by atoms with Gasteiger partial charge < -0.3 is 4.74 Å². The zero-order valence-electron chi connectivity index (χ0n) is 9.17. The van der Waals surface area contributed by atoms with Gasteiger partial charge in [0.15, 0.2) is 0 Å². The quantitative estimate of drug-likeness (QED) is 0.692. The van der Waals surface area contributed by atoms with Crippen molar-refractivity contribution in [1.29, 1.82) is 0 Å². The smallest absolute Gasteiger partial charge is 0.122 e. The van der Waals surface area contributed by atoms with E-state index in [1.807, 2.05) is 0 Å². The predicted octanol–water partition coefficient (Wildman–Crippen LogP) is 3.06. The second-order valence-electron chi connectivity index (χ2n) is 4.56. The van der Waals surface area contributed by atoms with Crippen molar-refractivity contribution in [1.82, 2.24) is 0 Å². The van der Waals surface area contributed by atoms with E-state index in [0.29, 0.717) is 0 Å². The molecule has 2 rings (SSSR count). The number of rotatable bonds is 1. The van der Waals surface area contributed by atoms with E-state index in [0.717, 1.165) is 18.8 Å². The van der Waals surface area contributed by atoms with E-state index in [1.54, 1.807) is 0 Å². The Balaban J connectivity index is 2.39. The Morgan fingerprint density at radius 2 is 2.00 bits per heavy atom. The maximum Gasteiger partial charge on any atom is 0.122 e. The molecule has 78 valence electrons. The van der Waals surface area contributed by atoms with Crippen LogP contribution in [0.2, 0.25) is 0 Å². The summed E-state index contributed by atoms with van der Waals surface area (Å²) < 4.78 is 5.60. The SMILES string of the molecule is CS(C)(C)c1ccc2c(c1)CCCO2. The number of fused-ring (bicyclic) bond motifs is 1. The second-order valence-corrected chi connectivity index (χ2v) is 8.70. The zero-order chi connectivity index (χ0) is 10.2. The summed E-state index contributed by atoms with van der Waals surface area (Å²) in [5.74, 6) is 1.10. The molecule has 2 heteroatoms. The molecule has 0 aromatic heterocycles. The van der Waals surface area contributed by atoms with Gasteiger partial charge in [-0.3, -0.25) is 0 Å². The van der Waals surface area contributed by atoms with Gasteiger partial charge in [0.05, 0.1) is 6.61 Å². The summed E-state index contributed by atoms with van der Waals surface area (Å²) in [5, 5.41) is 0. The van der Waals surface area contributed by atoms with Crippen LogP contribution in [0.3, 0.4) is 0 Å². The number of benzene rings is 1. The maximum absolute atomic E-state index is 5.60. The molecule has 14 heavy (non-hydrogen) atoms. The van der Waals surface area contributed by atoms with Crippen molar-refractivity contribution in [2.75, 3.05) is 25.4 Å². The van der Waals surface area contributed by atoms with Crippen molar-refractivity contribution in [3.8, 4) is 5.75 Å². The van der Waals surface area contributed by atoms with Crippen LogP contribution in [0.4, 0.5) is 0 Å². The first-order valence-corrected chi connectivity index (χ1v) is 7.87. The molecule has 0 saturated heterocycles. The molecular weight excluding hydrogens is 192 g/mol. The lowest BCUT2D eigenvalue weighted by Gasteiger charge is -2.28. The third-order valence-electron chi connectivity index (χ3n) is 2.59. The molecule has 1 nitrogen and oxygen atoms in total. The summed E-state index contributed by atoms with van der Waals surface area (Å²) in [4.78, 5) is 1.49. The van der Waals surface area contributed by atoms with Gasteiger partial charge >= 0.3 is 0 Å². The molecule has 1 aromatic rings. The maximum atomic E-state index is 5.60. The largest absolute Gasteiger partial charge is 0.493 e. The third-order valence-corrected chi connectivity index (χ3v) is 4.26. The molecule has 0 bridgehead atoms. The topological polar surface area (TPSA) is 9.23 Å². The summed E-state index contributed by atoms with van der Waals surface area (Å²) in [5.41, 5.74) is 1.40. The van der Waals surface area contributed by atoms with Crippen molar-refractivity contribution in [2.24, 2.45) is 0 Å². The average Bonchev–Trinajstić information content (AvgIpc) is 2.16. The summed E-state index contributed by atoms with van der Waals surface area (Å²) >= 11 is 0. The minimum atomic E-state index is -0.592. The summed E-state index contributed by atoms with van der Waals surface area (Å²) in [6.45, 7) is 0.884. The molecule has 0 radical (unpaired) electrons. The van der Waals surface area contributed by atoms with Crippen LogP contribution < -0.4 is 4.74 Å². The first kappa shape index (κ1) is 9.91. The fraction of sp³-hybridized carbons (Fsp3) is 0.500. The molecule has 1 aromatic carbocycles. The van der Waals surface area contributed by atoms with Crippen LogP contribution in [0, 0.1) is 0 Å². The molecule has 1 aliphatic rings. The third kappa shape index (κ3) is 1.90. The van der Waals surface area contributed by atoms with Gasteiger partial charge in [-0.05, 0) is 60.3 Å². The molecule has 0 spiro atoms. The lowest BCUT2D eigenvalue weighted by atomic mass is 10.1. The van der Waals surface area contributed by atoms with E-state index in [1.165, 1.54) is 16.9 Å². The van der Waals surface area contributed by atoms with Crippen LogP contribution in [-0.4, -0.2) is 25.4 Å². The Bertz CT molecular complexity index is 339. The standard InChI is InChI=1S/C12H18OS/c1-14(2,3)11-6-7-12-10(9-11)5-4-8-13-12/h6-7,9H,4-5,8H2,1-3H3. The van der Waals surface area contributed by atoms with E-state index < -0.39 is 10.0 Å². The number of ether oxygens (including phenoxy) is 1. The minimum Gasteiger partial charge on any atom is -0.493 e. The van der Waals surface area contributed by atoms with Crippen LogP contribution in [0.15, 0.2) is 23.1 Å². The van der Waals surface area contributed by atoms with Gasteiger partial charge in [0, 0.05) is 0 Å². The molecule has 0 amide bonds. The molecule has 0 N–H and O–H groups in total. The normalized spacial score (nSPS) is 17.1. The number of hydrogen-bond acceptors (Lipinski definition) is 1. The first-order valence-electron chi connectivity index (χ1n) is 5.01. The van der Waals surface area contributed by atoms with Gasteiger partial charge in [-0.15, -0.1) is 0 Å². The predicted molar refractivity (Wildman–Crippen MR) is 63.9 cm³/mol. The lowest BCUT2D eigenvalue weighted by Crippen LogP contribution is -2.08. The Labute approximate surface area is 87.8 Å². The average molecular weight is 210 g/mol. The molecule has 0 unspecified atom stereocenters. The highest BCUT2D eigenvalue weighted by molar-refractivity contribution is 8.32. The van der Waals surface area contributed by atoms with E-state index in [-0.39, 0.29) is 0 Å². The zero-order valence-corrected chi connectivity index (χ0v) is 9.99. The Morgan fingerprint density at radius 3 is 2.71 bits per heavy atom. The van der Waals surface area contributed by atoms with Crippen LogP contribution in [-0.2, 0) is 6.42 Å². The molecule has 0 saturated carbocycles. The van der Waals surface area contributed by atoms with Gasteiger partial charge in [0.25, 0.3) is 0 Å². The fourth-order valence-electron chi connectivity index (χ4n) is 1.72. The first-order chi connectivity index (χ1) is 6.57. The molecular formula is C12H18OS. The van der Waals surface area contributed by atoms with E-state index in [4.69, 9.17) is 4.74 Å². The van der Waals surface area contributed by atoms with Gasteiger partial charge in [0.1, 0.15) is 5.75 Å². The van der Waals surface area contributed by atoms with E-state index in [9.17, 15) is 0 Å². The Hall–Kier alpha value is -0.630. The Kier molecular flexibility index (Phi) is 2.48. The molecule has 0 aliphatic carbocycles. The van der Waals surface area contributed by atoms with Crippen LogP contribution in [0.5, 0.6) is 5.75 Å². The summed E-state index contributed by atoms with van der Waals surface area (Å²) in [6, 6.07) is 6.70. The van der Waals surface area contributed by atoms with Crippen molar-refractivity contribution in [3.05, 3.63) is 23.8 Å². The number of aryl methyl sites for hydroxylation is 1. The molecule has 0 atom stereocenters. The minimum absolute atomic E-state index is 0.592. The van der Waals surface area contributed by atoms with Crippen molar-refractivity contribution in [3.63, 3.8) is 0 Å². The van der Waals surface area contributed by atoms with Gasteiger partial charge in [-0.1, -0.05) is 0 Å². The lowest BCUT2D eigenvalue weighted by molar-refractivity contribution is 0.288. The van der Waals surface area contributed by atoms with Crippen LogP contribution >= 0.6 is 10.0 Å². The molecule has 0 fully saturated rings. The molecule has 1 heterocycles. The number of hydrogen-bond donors (Lipinski definition) is 0.